The maximum absolute atomic E-state index is 12.2. The summed E-state index contributed by atoms with van der Waals surface area (Å²) in [6.07, 6.45) is 0.601. The van der Waals surface area contributed by atoms with Crippen molar-refractivity contribution in [3.05, 3.63) is 71.3 Å². The number of benzene rings is 2. The first-order valence-corrected chi connectivity index (χ1v) is 7.10. The van der Waals surface area contributed by atoms with Gasteiger partial charge < -0.3 is 5.32 Å². The van der Waals surface area contributed by atoms with Gasteiger partial charge in [-0.25, -0.2) is 0 Å². The number of hydrogen-bond donors (Lipinski definition) is 1. The lowest BCUT2D eigenvalue weighted by Gasteiger charge is -2.01. The van der Waals surface area contributed by atoms with E-state index in [1.807, 2.05) is 30.3 Å². The zero-order valence-corrected chi connectivity index (χ0v) is 12.4. The summed E-state index contributed by atoms with van der Waals surface area (Å²) in [5.41, 5.74) is 2.18. The Kier molecular flexibility index (Phi) is 5.50. The molecule has 3 heteroatoms. The molecule has 0 atom stereocenters. The molecule has 3 nitrogen and oxygen atoms in total. The number of carbonyl (C=O) groups is 2. The first kappa shape index (κ1) is 15.5. The van der Waals surface area contributed by atoms with Crippen molar-refractivity contribution in [2.45, 2.75) is 13.3 Å². The van der Waals surface area contributed by atoms with Crippen LogP contribution in [0.1, 0.15) is 34.8 Å². The van der Waals surface area contributed by atoms with E-state index in [0.29, 0.717) is 24.1 Å². The molecular formula is C19H17NO2. The number of nitrogens with one attached hydrogen (secondary N) is 1. The lowest BCUT2D eigenvalue weighted by atomic mass is 10.0. The van der Waals surface area contributed by atoms with E-state index < -0.39 is 0 Å². The Morgan fingerprint density at radius 1 is 0.955 bits per heavy atom. The molecule has 22 heavy (non-hydrogen) atoms. The Bertz CT molecular complexity index is 707. The van der Waals surface area contributed by atoms with E-state index in [4.69, 9.17) is 0 Å². The average molecular weight is 291 g/mol. The third kappa shape index (κ3) is 4.60. The fourth-order valence-electron chi connectivity index (χ4n) is 1.93. The van der Waals surface area contributed by atoms with Crippen LogP contribution in [0.25, 0.3) is 0 Å². The van der Waals surface area contributed by atoms with Crippen LogP contribution in [0.3, 0.4) is 0 Å². The van der Waals surface area contributed by atoms with Gasteiger partial charge in [-0.15, -0.1) is 0 Å². The van der Waals surface area contributed by atoms with Gasteiger partial charge in [0.15, 0.2) is 5.78 Å². The molecule has 2 rings (SSSR count). The Morgan fingerprint density at radius 2 is 1.59 bits per heavy atom. The third-order valence-corrected chi connectivity index (χ3v) is 3.04. The van der Waals surface area contributed by atoms with Crippen LogP contribution >= 0.6 is 0 Å². The first-order valence-electron chi connectivity index (χ1n) is 7.10. The van der Waals surface area contributed by atoms with Crippen LogP contribution < -0.4 is 5.32 Å². The molecule has 0 bridgehead atoms. The third-order valence-electron chi connectivity index (χ3n) is 3.04. The molecule has 0 spiro atoms. The summed E-state index contributed by atoms with van der Waals surface area (Å²) in [5, 5.41) is 2.69. The van der Waals surface area contributed by atoms with E-state index in [1.54, 1.807) is 24.3 Å². The van der Waals surface area contributed by atoms with E-state index in [-0.39, 0.29) is 11.7 Å². The smallest absolute Gasteiger partial charge is 0.216 e. The molecule has 0 fully saturated rings. The topological polar surface area (TPSA) is 46.2 Å². The van der Waals surface area contributed by atoms with Gasteiger partial charge in [0, 0.05) is 36.6 Å². The largest absolute Gasteiger partial charge is 0.355 e. The summed E-state index contributed by atoms with van der Waals surface area (Å²) in [6.45, 7) is 2.03. The van der Waals surface area contributed by atoms with E-state index in [9.17, 15) is 9.59 Å². The monoisotopic (exact) mass is 291 g/mol. The number of rotatable bonds is 4. The first-order chi connectivity index (χ1) is 10.7. The maximum atomic E-state index is 12.2. The van der Waals surface area contributed by atoms with Gasteiger partial charge in [0.05, 0.1) is 0 Å². The van der Waals surface area contributed by atoms with Gasteiger partial charge in [-0.3, -0.25) is 9.59 Å². The fourth-order valence-corrected chi connectivity index (χ4v) is 1.93. The molecule has 1 amide bonds. The Morgan fingerprint density at radius 3 is 2.23 bits per heavy atom. The van der Waals surface area contributed by atoms with Crippen LogP contribution in [0, 0.1) is 11.8 Å². The van der Waals surface area contributed by atoms with Crippen molar-refractivity contribution in [1.29, 1.82) is 0 Å². The minimum absolute atomic E-state index is 0.00534. The molecule has 2 aromatic rings. The summed E-state index contributed by atoms with van der Waals surface area (Å²) in [7, 11) is 0. The standard InChI is InChI=1S/C19H17NO2/c1-15(21)20-14-6-5-7-16-10-12-18(13-11-16)19(22)17-8-3-2-4-9-17/h2-4,8-13H,6,14H2,1H3,(H,20,21). The van der Waals surface area contributed by atoms with Gasteiger partial charge in [0.25, 0.3) is 0 Å². The highest BCUT2D eigenvalue weighted by Gasteiger charge is 2.07. The Hall–Kier alpha value is -2.86. The average Bonchev–Trinajstić information content (AvgIpc) is 2.55. The van der Waals surface area contributed by atoms with Gasteiger partial charge in [-0.1, -0.05) is 42.2 Å². The maximum Gasteiger partial charge on any atom is 0.216 e. The number of carbonyl (C=O) groups excluding carboxylic acids is 2. The van der Waals surface area contributed by atoms with Crippen molar-refractivity contribution in [2.75, 3.05) is 6.54 Å². The SMILES string of the molecule is CC(=O)NCCC#Cc1ccc(C(=O)c2ccccc2)cc1. The predicted octanol–water partition coefficient (Wildman–Crippen LogP) is 2.80. The van der Waals surface area contributed by atoms with Crippen LogP contribution in [0.5, 0.6) is 0 Å². The van der Waals surface area contributed by atoms with Crippen LogP contribution in [0.4, 0.5) is 0 Å². The summed E-state index contributed by atoms with van der Waals surface area (Å²) in [4.78, 5) is 22.9. The second kappa shape index (κ2) is 7.80. The molecule has 0 saturated carbocycles. The van der Waals surface area contributed by atoms with Crippen molar-refractivity contribution < 1.29 is 9.59 Å². The minimum Gasteiger partial charge on any atom is -0.355 e. The molecular weight excluding hydrogens is 274 g/mol. The Labute approximate surface area is 130 Å². The van der Waals surface area contributed by atoms with Crippen LogP contribution in [0.15, 0.2) is 54.6 Å². The van der Waals surface area contributed by atoms with Crippen molar-refractivity contribution in [3.8, 4) is 11.8 Å². The van der Waals surface area contributed by atoms with Crippen LogP contribution in [-0.4, -0.2) is 18.2 Å². The van der Waals surface area contributed by atoms with Gasteiger partial charge in [-0.2, -0.15) is 0 Å². The molecule has 0 heterocycles. The molecule has 0 aliphatic carbocycles. The summed E-state index contributed by atoms with van der Waals surface area (Å²) in [5.74, 6) is 5.95. The molecule has 0 unspecified atom stereocenters. The van der Waals surface area contributed by atoms with E-state index in [2.05, 4.69) is 17.2 Å². The summed E-state index contributed by atoms with van der Waals surface area (Å²) in [6, 6.07) is 16.4. The van der Waals surface area contributed by atoms with Crippen molar-refractivity contribution in [1.82, 2.24) is 5.32 Å². The number of amides is 1. The highest BCUT2D eigenvalue weighted by atomic mass is 16.1. The minimum atomic E-state index is -0.0504. The van der Waals surface area contributed by atoms with Gasteiger partial charge in [0.2, 0.25) is 5.91 Å². The fraction of sp³-hybridized carbons (Fsp3) is 0.158. The van der Waals surface area contributed by atoms with Gasteiger partial charge in [-0.05, 0) is 24.3 Å². The Balaban J connectivity index is 1.97. The molecule has 110 valence electrons. The molecule has 0 aliphatic rings. The van der Waals surface area contributed by atoms with Gasteiger partial charge in [0.1, 0.15) is 0 Å². The number of ketones is 1. The molecule has 0 aromatic heterocycles. The van der Waals surface area contributed by atoms with Gasteiger partial charge >= 0.3 is 0 Å². The second-order valence-corrected chi connectivity index (χ2v) is 4.81. The zero-order chi connectivity index (χ0) is 15.8. The predicted molar refractivity (Wildman–Crippen MR) is 86.5 cm³/mol. The quantitative estimate of drug-likeness (QED) is 0.535. The van der Waals surface area contributed by atoms with Crippen molar-refractivity contribution in [3.63, 3.8) is 0 Å². The molecule has 2 aromatic carbocycles. The second-order valence-electron chi connectivity index (χ2n) is 4.81. The lowest BCUT2D eigenvalue weighted by Crippen LogP contribution is -2.20. The van der Waals surface area contributed by atoms with Crippen molar-refractivity contribution >= 4 is 11.7 Å². The molecule has 0 saturated heterocycles. The summed E-state index contributed by atoms with van der Waals surface area (Å²) >= 11 is 0. The normalized spacial score (nSPS) is 9.50. The van der Waals surface area contributed by atoms with E-state index >= 15 is 0 Å². The van der Waals surface area contributed by atoms with Crippen molar-refractivity contribution in [2.24, 2.45) is 0 Å². The molecule has 0 aliphatic heterocycles. The molecule has 1 N–H and O–H groups in total. The number of hydrogen-bond acceptors (Lipinski definition) is 2. The lowest BCUT2D eigenvalue weighted by molar-refractivity contribution is -0.118. The highest BCUT2D eigenvalue weighted by molar-refractivity contribution is 6.08. The van der Waals surface area contributed by atoms with E-state index in [1.165, 1.54) is 6.92 Å². The summed E-state index contributed by atoms with van der Waals surface area (Å²) < 4.78 is 0. The molecule has 0 radical (unpaired) electrons. The highest BCUT2D eigenvalue weighted by Crippen LogP contribution is 2.10. The van der Waals surface area contributed by atoms with Crippen LogP contribution in [-0.2, 0) is 4.79 Å². The van der Waals surface area contributed by atoms with E-state index in [0.717, 1.165) is 5.56 Å². The zero-order valence-electron chi connectivity index (χ0n) is 12.4. The van der Waals surface area contributed by atoms with Crippen LogP contribution in [0.2, 0.25) is 0 Å².